The Kier molecular flexibility index (Phi) is 5.70. The van der Waals surface area contributed by atoms with Crippen LogP contribution in [0, 0.1) is 0 Å². The molecule has 1 fully saturated rings. The fourth-order valence-electron chi connectivity index (χ4n) is 2.92. The predicted octanol–water partition coefficient (Wildman–Crippen LogP) is 2.98. The molecule has 0 radical (unpaired) electrons. The van der Waals surface area contributed by atoms with E-state index in [4.69, 9.17) is 11.6 Å². The number of rotatable bonds is 5. The van der Waals surface area contributed by atoms with Gasteiger partial charge in [0.15, 0.2) is 0 Å². The normalized spacial score (nSPS) is 20.4. The van der Waals surface area contributed by atoms with Crippen molar-refractivity contribution in [2.45, 2.75) is 33.4 Å². The second-order valence-electron chi connectivity index (χ2n) is 5.48. The summed E-state index contributed by atoms with van der Waals surface area (Å²) >= 11 is 6.20. The number of likely N-dealkylation sites (N-methyl/N-ethyl adjacent to an activating group) is 1. The summed E-state index contributed by atoms with van der Waals surface area (Å²) < 4.78 is 0. The first-order valence-corrected chi connectivity index (χ1v) is 8.01. The van der Waals surface area contributed by atoms with Crippen LogP contribution in [0.15, 0.2) is 18.2 Å². The van der Waals surface area contributed by atoms with E-state index >= 15 is 0 Å². The average Bonchev–Trinajstić information content (AvgIpc) is 2.46. The molecule has 1 heterocycles. The van der Waals surface area contributed by atoms with Gasteiger partial charge in [0.25, 0.3) is 0 Å². The smallest absolute Gasteiger partial charge is 0.0427 e. The molecule has 1 aliphatic rings. The third kappa shape index (κ3) is 3.66. The molecule has 1 aliphatic heterocycles. The fourth-order valence-corrected chi connectivity index (χ4v) is 3.09. The Bertz CT molecular complexity index is 436. The summed E-state index contributed by atoms with van der Waals surface area (Å²) in [7, 11) is 0. The number of halogens is 1. The highest BCUT2D eigenvalue weighted by molar-refractivity contribution is 6.30. The Labute approximate surface area is 127 Å². The first-order chi connectivity index (χ1) is 9.65. The number of piperazine rings is 1. The van der Waals surface area contributed by atoms with Crippen molar-refractivity contribution in [2.75, 3.05) is 37.6 Å². The lowest BCUT2D eigenvalue weighted by Gasteiger charge is -2.41. The van der Waals surface area contributed by atoms with E-state index in [9.17, 15) is 0 Å². The highest BCUT2D eigenvalue weighted by Gasteiger charge is 2.23. The van der Waals surface area contributed by atoms with Gasteiger partial charge >= 0.3 is 0 Å². The van der Waals surface area contributed by atoms with Crippen LogP contribution in [0.5, 0.6) is 0 Å². The van der Waals surface area contributed by atoms with Crippen molar-refractivity contribution in [3.63, 3.8) is 0 Å². The van der Waals surface area contributed by atoms with Gasteiger partial charge in [-0.3, -0.25) is 4.90 Å². The van der Waals surface area contributed by atoms with Gasteiger partial charge in [0.05, 0.1) is 0 Å². The summed E-state index contributed by atoms with van der Waals surface area (Å²) in [5, 5.41) is 4.24. The zero-order valence-corrected chi connectivity index (χ0v) is 13.6. The SMILES string of the molecule is CCNCc1ccc(Cl)cc1N1CCN(CC)C(C)C1. The molecule has 112 valence electrons. The monoisotopic (exact) mass is 295 g/mol. The van der Waals surface area contributed by atoms with Gasteiger partial charge in [-0.1, -0.05) is 31.5 Å². The van der Waals surface area contributed by atoms with Gasteiger partial charge in [-0.25, -0.2) is 0 Å². The summed E-state index contributed by atoms with van der Waals surface area (Å²) in [5.74, 6) is 0. The van der Waals surface area contributed by atoms with E-state index in [1.165, 1.54) is 11.3 Å². The lowest BCUT2D eigenvalue weighted by Crippen LogP contribution is -2.52. The average molecular weight is 296 g/mol. The number of nitrogens with one attached hydrogen (secondary N) is 1. The Hall–Kier alpha value is -0.770. The van der Waals surface area contributed by atoms with Gasteiger partial charge in [0, 0.05) is 42.9 Å². The molecule has 1 N–H and O–H groups in total. The van der Waals surface area contributed by atoms with Crippen LogP contribution in [-0.2, 0) is 6.54 Å². The lowest BCUT2D eigenvalue weighted by atomic mass is 10.1. The molecule has 1 unspecified atom stereocenters. The van der Waals surface area contributed by atoms with Gasteiger partial charge in [-0.05, 0) is 37.7 Å². The molecular formula is C16H26ClN3. The van der Waals surface area contributed by atoms with Crippen LogP contribution < -0.4 is 10.2 Å². The summed E-state index contributed by atoms with van der Waals surface area (Å²) in [5.41, 5.74) is 2.63. The maximum atomic E-state index is 6.20. The van der Waals surface area contributed by atoms with E-state index in [0.717, 1.165) is 44.3 Å². The van der Waals surface area contributed by atoms with Gasteiger partial charge in [-0.2, -0.15) is 0 Å². The molecule has 0 bridgehead atoms. The minimum absolute atomic E-state index is 0.597. The van der Waals surface area contributed by atoms with Crippen LogP contribution in [0.1, 0.15) is 26.3 Å². The van der Waals surface area contributed by atoms with Crippen molar-refractivity contribution in [1.82, 2.24) is 10.2 Å². The zero-order valence-electron chi connectivity index (χ0n) is 12.8. The molecule has 0 aromatic heterocycles. The van der Waals surface area contributed by atoms with E-state index in [-0.39, 0.29) is 0 Å². The fraction of sp³-hybridized carbons (Fsp3) is 0.625. The molecule has 0 aliphatic carbocycles. The van der Waals surface area contributed by atoms with Crippen LogP contribution in [0.25, 0.3) is 0 Å². The first kappa shape index (κ1) is 15.6. The molecule has 0 amide bonds. The van der Waals surface area contributed by atoms with Gasteiger partial charge in [0.1, 0.15) is 0 Å². The highest BCUT2D eigenvalue weighted by atomic mass is 35.5. The third-order valence-corrected chi connectivity index (χ3v) is 4.36. The molecule has 0 saturated carbocycles. The van der Waals surface area contributed by atoms with Crippen molar-refractivity contribution in [2.24, 2.45) is 0 Å². The molecule has 3 nitrogen and oxygen atoms in total. The molecule has 2 rings (SSSR count). The van der Waals surface area contributed by atoms with Crippen molar-refractivity contribution < 1.29 is 0 Å². The van der Waals surface area contributed by atoms with E-state index in [1.807, 2.05) is 6.07 Å². The van der Waals surface area contributed by atoms with Crippen LogP contribution >= 0.6 is 11.6 Å². The molecule has 20 heavy (non-hydrogen) atoms. The second kappa shape index (κ2) is 7.30. The molecule has 0 spiro atoms. The molecule has 4 heteroatoms. The number of nitrogens with zero attached hydrogens (tertiary/aromatic N) is 2. The molecule has 1 aromatic rings. The minimum atomic E-state index is 0.597. The Morgan fingerprint density at radius 1 is 1.30 bits per heavy atom. The molecule has 1 atom stereocenters. The van der Waals surface area contributed by atoms with Crippen LogP contribution in [0.2, 0.25) is 5.02 Å². The van der Waals surface area contributed by atoms with Crippen molar-refractivity contribution in [3.05, 3.63) is 28.8 Å². The molecule has 1 saturated heterocycles. The Morgan fingerprint density at radius 2 is 2.10 bits per heavy atom. The Balaban J connectivity index is 2.16. The quantitative estimate of drug-likeness (QED) is 0.901. The maximum Gasteiger partial charge on any atom is 0.0427 e. The topological polar surface area (TPSA) is 18.5 Å². The van der Waals surface area contributed by atoms with Crippen molar-refractivity contribution in [1.29, 1.82) is 0 Å². The van der Waals surface area contributed by atoms with Crippen molar-refractivity contribution >= 4 is 17.3 Å². The summed E-state index contributed by atoms with van der Waals surface area (Å²) in [6.07, 6.45) is 0. The summed E-state index contributed by atoms with van der Waals surface area (Å²) in [6, 6.07) is 6.85. The van der Waals surface area contributed by atoms with E-state index in [0.29, 0.717) is 6.04 Å². The number of anilines is 1. The minimum Gasteiger partial charge on any atom is -0.368 e. The molecule has 1 aromatic carbocycles. The van der Waals surface area contributed by atoms with Crippen molar-refractivity contribution in [3.8, 4) is 0 Å². The standard InChI is InChI=1S/C16H26ClN3/c1-4-18-11-14-6-7-15(17)10-16(14)20-9-8-19(5-2)13(3)12-20/h6-7,10,13,18H,4-5,8-9,11-12H2,1-3H3. The number of benzene rings is 1. The maximum absolute atomic E-state index is 6.20. The van der Waals surface area contributed by atoms with Crippen LogP contribution in [0.4, 0.5) is 5.69 Å². The highest BCUT2D eigenvalue weighted by Crippen LogP contribution is 2.27. The van der Waals surface area contributed by atoms with Crippen LogP contribution in [-0.4, -0.2) is 43.7 Å². The van der Waals surface area contributed by atoms with Crippen LogP contribution in [0.3, 0.4) is 0 Å². The zero-order chi connectivity index (χ0) is 14.5. The third-order valence-electron chi connectivity index (χ3n) is 4.12. The summed E-state index contributed by atoms with van der Waals surface area (Å²) in [4.78, 5) is 5.01. The predicted molar refractivity (Wildman–Crippen MR) is 87.8 cm³/mol. The van der Waals surface area contributed by atoms with E-state index in [1.54, 1.807) is 0 Å². The number of hydrogen-bond donors (Lipinski definition) is 1. The van der Waals surface area contributed by atoms with Gasteiger partial charge < -0.3 is 10.2 Å². The first-order valence-electron chi connectivity index (χ1n) is 7.63. The number of hydrogen-bond acceptors (Lipinski definition) is 3. The van der Waals surface area contributed by atoms with Gasteiger partial charge in [0.2, 0.25) is 0 Å². The van der Waals surface area contributed by atoms with E-state index < -0.39 is 0 Å². The molecular weight excluding hydrogens is 270 g/mol. The summed E-state index contributed by atoms with van der Waals surface area (Å²) in [6.45, 7) is 13.0. The Morgan fingerprint density at radius 3 is 2.75 bits per heavy atom. The lowest BCUT2D eigenvalue weighted by molar-refractivity contribution is 0.199. The van der Waals surface area contributed by atoms with E-state index in [2.05, 4.69) is 48.0 Å². The largest absolute Gasteiger partial charge is 0.368 e. The second-order valence-corrected chi connectivity index (χ2v) is 5.91. The van der Waals surface area contributed by atoms with Gasteiger partial charge in [-0.15, -0.1) is 0 Å².